The van der Waals surface area contributed by atoms with Gasteiger partial charge in [0.1, 0.15) is 0 Å². The van der Waals surface area contributed by atoms with Gasteiger partial charge in [-0.1, -0.05) is 42.8 Å². The number of nitrogens with one attached hydrogen (secondary N) is 1. The molecule has 1 aliphatic heterocycles. The summed E-state index contributed by atoms with van der Waals surface area (Å²) in [4.78, 5) is 27.6. The molecule has 1 saturated carbocycles. The molecule has 29 heavy (non-hydrogen) atoms. The van der Waals surface area contributed by atoms with Gasteiger partial charge in [0.05, 0.1) is 18.1 Å². The standard InChI is InChI=1S/C23H24N4O2/c1-16(14-27-21(28)18-8-3-2-7-17(18)13-24-27)25-22(29)26-15-23(11-6-12-23)19-9-4-5-10-20(19)26/h2-5,7-10,13,16H,6,11-12,14-15H2,1H3,(H,25,29). The van der Waals surface area contributed by atoms with Crippen molar-refractivity contribution in [2.24, 2.45) is 0 Å². The van der Waals surface area contributed by atoms with Gasteiger partial charge in [0.25, 0.3) is 5.56 Å². The average Bonchev–Trinajstić information content (AvgIpc) is 3.06. The van der Waals surface area contributed by atoms with Gasteiger partial charge in [-0.3, -0.25) is 9.69 Å². The number of fused-ring (bicyclic) bond motifs is 3. The van der Waals surface area contributed by atoms with Crippen molar-refractivity contribution in [1.29, 1.82) is 0 Å². The monoisotopic (exact) mass is 388 g/mol. The van der Waals surface area contributed by atoms with E-state index in [-0.39, 0.29) is 23.0 Å². The second kappa shape index (κ2) is 6.72. The number of hydrogen-bond acceptors (Lipinski definition) is 3. The first kappa shape index (κ1) is 17.9. The highest BCUT2D eigenvalue weighted by molar-refractivity contribution is 5.95. The topological polar surface area (TPSA) is 67.2 Å². The van der Waals surface area contributed by atoms with Crippen LogP contribution in [0.15, 0.2) is 59.5 Å². The summed E-state index contributed by atoms with van der Waals surface area (Å²) in [6.07, 6.45) is 5.19. The number of rotatable bonds is 3. The summed E-state index contributed by atoms with van der Waals surface area (Å²) < 4.78 is 1.43. The predicted octanol–water partition coefficient (Wildman–Crippen LogP) is 3.44. The van der Waals surface area contributed by atoms with Crippen molar-refractivity contribution in [3.63, 3.8) is 0 Å². The molecule has 0 radical (unpaired) electrons. The molecule has 2 heterocycles. The first-order chi connectivity index (χ1) is 14.1. The number of carbonyl (C=O) groups is 1. The van der Waals surface area contributed by atoms with Crippen LogP contribution < -0.4 is 15.8 Å². The van der Waals surface area contributed by atoms with Gasteiger partial charge in [-0.15, -0.1) is 0 Å². The Morgan fingerprint density at radius 1 is 1.17 bits per heavy atom. The van der Waals surface area contributed by atoms with Crippen molar-refractivity contribution < 1.29 is 4.79 Å². The van der Waals surface area contributed by atoms with Crippen LogP contribution in [0, 0.1) is 0 Å². The normalized spacial score (nSPS) is 17.8. The zero-order valence-electron chi connectivity index (χ0n) is 16.5. The molecule has 6 nitrogen and oxygen atoms in total. The fourth-order valence-electron chi connectivity index (χ4n) is 4.69. The van der Waals surface area contributed by atoms with Crippen LogP contribution in [0.1, 0.15) is 31.7 Å². The fourth-order valence-corrected chi connectivity index (χ4v) is 4.69. The minimum atomic E-state index is -0.223. The second-order valence-corrected chi connectivity index (χ2v) is 8.31. The van der Waals surface area contributed by atoms with Crippen LogP contribution in [0.25, 0.3) is 10.8 Å². The van der Waals surface area contributed by atoms with Gasteiger partial charge < -0.3 is 5.32 Å². The zero-order valence-corrected chi connectivity index (χ0v) is 16.5. The maximum absolute atomic E-state index is 13.0. The third kappa shape index (κ3) is 2.90. The molecule has 0 saturated heterocycles. The maximum atomic E-state index is 13.0. The molecule has 3 aromatic rings. The Hall–Kier alpha value is -3.15. The molecule has 1 atom stereocenters. The van der Waals surface area contributed by atoms with E-state index in [0.717, 1.165) is 30.5 Å². The van der Waals surface area contributed by atoms with Crippen molar-refractivity contribution in [2.75, 3.05) is 11.4 Å². The molecule has 0 bridgehead atoms. The molecule has 1 aromatic heterocycles. The smallest absolute Gasteiger partial charge is 0.322 e. The number of urea groups is 1. The number of benzene rings is 2. The molecule has 1 aliphatic carbocycles. The van der Waals surface area contributed by atoms with Gasteiger partial charge in [-0.05, 0) is 37.5 Å². The number of aromatic nitrogens is 2. The van der Waals surface area contributed by atoms with E-state index < -0.39 is 0 Å². The molecule has 1 spiro atoms. The third-order valence-electron chi connectivity index (χ3n) is 6.36. The van der Waals surface area contributed by atoms with E-state index in [0.29, 0.717) is 11.9 Å². The summed E-state index contributed by atoms with van der Waals surface area (Å²) in [5.41, 5.74) is 2.30. The Balaban J connectivity index is 1.33. The number of para-hydroxylation sites is 1. The minimum Gasteiger partial charge on any atom is -0.333 e. The molecule has 148 valence electrons. The van der Waals surface area contributed by atoms with Crippen LogP contribution in [0.2, 0.25) is 0 Å². The van der Waals surface area contributed by atoms with E-state index in [1.54, 1.807) is 12.3 Å². The first-order valence-corrected chi connectivity index (χ1v) is 10.2. The van der Waals surface area contributed by atoms with Gasteiger partial charge in [0, 0.05) is 29.1 Å². The zero-order chi connectivity index (χ0) is 20.0. The Kier molecular flexibility index (Phi) is 4.15. The summed E-state index contributed by atoms with van der Waals surface area (Å²) >= 11 is 0. The molecule has 2 amide bonds. The lowest BCUT2D eigenvalue weighted by atomic mass is 9.66. The number of nitrogens with zero attached hydrogens (tertiary/aromatic N) is 3. The summed E-state index contributed by atoms with van der Waals surface area (Å²) in [6, 6.07) is 15.3. The molecule has 2 aromatic carbocycles. The van der Waals surface area contributed by atoms with Crippen molar-refractivity contribution in [2.45, 2.75) is 44.2 Å². The summed E-state index contributed by atoms with van der Waals surface area (Å²) in [7, 11) is 0. The molecule has 1 N–H and O–H groups in total. The molecule has 6 heteroatoms. The van der Waals surface area contributed by atoms with E-state index in [2.05, 4.69) is 22.5 Å². The summed E-state index contributed by atoms with van der Waals surface area (Å²) in [5, 5.41) is 8.80. The highest BCUT2D eigenvalue weighted by Crippen LogP contribution is 2.52. The van der Waals surface area contributed by atoms with Crippen LogP contribution in [0.5, 0.6) is 0 Å². The van der Waals surface area contributed by atoms with Gasteiger partial charge in [0.15, 0.2) is 0 Å². The van der Waals surface area contributed by atoms with Crippen molar-refractivity contribution >= 4 is 22.5 Å². The molecule has 2 aliphatic rings. The summed E-state index contributed by atoms with van der Waals surface area (Å²) in [5.74, 6) is 0. The molecular formula is C23H24N4O2. The quantitative estimate of drug-likeness (QED) is 0.747. The average molecular weight is 388 g/mol. The number of hydrogen-bond donors (Lipinski definition) is 1. The van der Waals surface area contributed by atoms with Gasteiger partial charge >= 0.3 is 6.03 Å². The highest BCUT2D eigenvalue weighted by atomic mass is 16.2. The number of carbonyl (C=O) groups excluding carboxylic acids is 1. The Morgan fingerprint density at radius 2 is 1.93 bits per heavy atom. The van der Waals surface area contributed by atoms with Crippen molar-refractivity contribution in [3.05, 3.63) is 70.6 Å². The van der Waals surface area contributed by atoms with Gasteiger partial charge in [0.2, 0.25) is 0 Å². The molecular weight excluding hydrogens is 364 g/mol. The van der Waals surface area contributed by atoms with Crippen LogP contribution in [-0.4, -0.2) is 28.4 Å². The van der Waals surface area contributed by atoms with Crippen LogP contribution in [-0.2, 0) is 12.0 Å². The lowest BCUT2D eigenvalue weighted by Gasteiger charge is -2.39. The van der Waals surface area contributed by atoms with E-state index in [4.69, 9.17) is 0 Å². The molecule has 1 unspecified atom stereocenters. The van der Waals surface area contributed by atoms with Crippen LogP contribution in [0.4, 0.5) is 10.5 Å². The lowest BCUT2D eigenvalue weighted by molar-refractivity contribution is 0.232. The predicted molar refractivity (Wildman–Crippen MR) is 113 cm³/mol. The lowest BCUT2D eigenvalue weighted by Crippen LogP contribution is -2.48. The van der Waals surface area contributed by atoms with Gasteiger partial charge in [-0.25, -0.2) is 9.48 Å². The van der Waals surface area contributed by atoms with E-state index in [1.807, 2.05) is 42.2 Å². The SMILES string of the molecule is CC(Cn1ncc2ccccc2c1=O)NC(=O)N1CC2(CCC2)c2ccccc21. The molecule has 5 rings (SSSR count). The van der Waals surface area contributed by atoms with Crippen molar-refractivity contribution in [1.82, 2.24) is 15.1 Å². The maximum Gasteiger partial charge on any atom is 0.322 e. The Labute approximate surface area is 169 Å². The van der Waals surface area contributed by atoms with E-state index in [1.165, 1.54) is 16.7 Å². The first-order valence-electron chi connectivity index (χ1n) is 10.2. The highest BCUT2D eigenvalue weighted by Gasteiger charge is 2.48. The Bertz CT molecular complexity index is 1150. The third-order valence-corrected chi connectivity index (χ3v) is 6.36. The van der Waals surface area contributed by atoms with Gasteiger partial charge in [-0.2, -0.15) is 5.10 Å². The van der Waals surface area contributed by atoms with Crippen LogP contribution >= 0.6 is 0 Å². The Morgan fingerprint density at radius 3 is 2.72 bits per heavy atom. The largest absolute Gasteiger partial charge is 0.333 e. The number of amides is 2. The summed E-state index contributed by atoms with van der Waals surface area (Å²) in [6.45, 7) is 2.97. The van der Waals surface area contributed by atoms with Crippen LogP contribution in [0.3, 0.4) is 0 Å². The van der Waals surface area contributed by atoms with Crippen molar-refractivity contribution in [3.8, 4) is 0 Å². The number of anilines is 1. The second-order valence-electron chi connectivity index (χ2n) is 8.31. The molecule has 1 fully saturated rings. The van der Waals surface area contributed by atoms with E-state index >= 15 is 0 Å². The van der Waals surface area contributed by atoms with E-state index in [9.17, 15) is 9.59 Å². The minimum absolute atomic E-state index is 0.109. The fraction of sp³-hybridized carbons (Fsp3) is 0.348.